The Balaban J connectivity index is 2.70. The molecule has 152 valence electrons. The van der Waals surface area contributed by atoms with Crippen molar-refractivity contribution in [3.63, 3.8) is 0 Å². The molecule has 2 aromatic rings. The molecule has 0 aliphatic rings. The molecule has 0 radical (unpaired) electrons. The largest absolute Gasteiger partial charge is 0.495 e. The SMILES string of the molecule is COc1ccc(S(=O)(=O)N(CC(=O)O)c2cc(OC)c(Cl)cc2OC)cc1Cl. The van der Waals surface area contributed by atoms with Crippen LogP contribution in [0.4, 0.5) is 5.69 Å². The molecule has 0 aromatic heterocycles. The molecule has 0 unspecified atom stereocenters. The van der Waals surface area contributed by atoms with Crippen molar-refractivity contribution >= 4 is 44.9 Å². The molecule has 2 aromatic carbocycles. The third-order valence-corrected chi connectivity index (χ3v) is 6.06. The molecule has 2 rings (SSSR count). The number of sulfonamides is 1. The van der Waals surface area contributed by atoms with Crippen LogP contribution in [0.15, 0.2) is 35.2 Å². The number of carboxylic acids is 1. The topological polar surface area (TPSA) is 102 Å². The molecule has 0 amide bonds. The van der Waals surface area contributed by atoms with Crippen molar-refractivity contribution in [3.05, 3.63) is 40.4 Å². The number of benzene rings is 2. The zero-order valence-corrected chi connectivity index (χ0v) is 17.4. The van der Waals surface area contributed by atoms with Crippen molar-refractivity contribution in [1.82, 2.24) is 0 Å². The summed E-state index contributed by atoms with van der Waals surface area (Å²) >= 11 is 12.1. The van der Waals surface area contributed by atoms with Gasteiger partial charge in [0.2, 0.25) is 0 Å². The average molecular weight is 450 g/mol. The maximum Gasteiger partial charge on any atom is 0.324 e. The fourth-order valence-electron chi connectivity index (χ4n) is 2.40. The summed E-state index contributed by atoms with van der Waals surface area (Å²) in [7, 11) is -0.300. The van der Waals surface area contributed by atoms with Crippen LogP contribution in [0.25, 0.3) is 0 Å². The van der Waals surface area contributed by atoms with E-state index in [1.807, 2.05) is 0 Å². The van der Waals surface area contributed by atoms with Crippen molar-refractivity contribution in [2.45, 2.75) is 4.90 Å². The highest BCUT2D eigenvalue weighted by atomic mass is 35.5. The number of hydrogen-bond donors (Lipinski definition) is 1. The second-order valence-corrected chi connectivity index (χ2v) is 8.04. The van der Waals surface area contributed by atoms with E-state index >= 15 is 0 Å². The van der Waals surface area contributed by atoms with E-state index in [2.05, 4.69) is 0 Å². The minimum Gasteiger partial charge on any atom is -0.495 e. The number of ether oxygens (including phenoxy) is 3. The fraction of sp³-hybridized carbons (Fsp3) is 0.235. The third kappa shape index (κ3) is 4.37. The molecule has 0 aliphatic heterocycles. The van der Waals surface area contributed by atoms with E-state index in [1.165, 1.54) is 51.7 Å². The van der Waals surface area contributed by atoms with Crippen molar-refractivity contribution in [1.29, 1.82) is 0 Å². The quantitative estimate of drug-likeness (QED) is 0.659. The molecule has 28 heavy (non-hydrogen) atoms. The Bertz CT molecular complexity index is 995. The Labute approximate surface area is 172 Å². The predicted molar refractivity (Wildman–Crippen MR) is 105 cm³/mol. The fourth-order valence-corrected chi connectivity index (χ4v) is 4.39. The number of rotatable bonds is 8. The van der Waals surface area contributed by atoms with Gasteiger partial charge in [-0.05, 0) is 18.2 Å². The van der Waals surface area contributed by atoms with E-state index in [4.69, 9.17) is 37.4 Å². The molecule has 11 heteroatoms. The van der Waals surface area contributed by atoms with E-state index in [9.17, 15) is 18.3 Å². The van der Waals surface area contributed by atoms with Crippen molar-refractivity contribution in [2.24, 2.45) is 0 Å². The second kappa shape index (κ2) is 8.76. The van der Waals surface area contributed by atoms with Gasteiger partial charge in [-0.25, -0.2) is 8.42 Å². The normalized spacial score (nSPS) is 11.0. The Kier molecular flexibility index (Phi) is 6.87. The van der Waals surface area contributed by atoms with Crippen molar-refractivity contribution in [2.75, 3.05) is 32.2 Å². The van der Waals surface area contributed by atoms with Crippen LogP contribution in [-0.2, 0) is 14.8 Å². The van der Waals surface area contributed by atoms with E-state index in [0.29, 0.717) is 4.31 Å². The van der Waals surface area contributed by atoms with E-state index < -0.39 is 22.5 Å². The summed E-state index contributed by atoms with van der Waals surface area (Å²) in [4.78, 5) is 11.2. The van der Waals surface area contributed by atoms with Gasteiger partial charge >= 0.3 is 5.97 Å². The number of nitrogens with zero attached hydrogens (tertiary/aromatic N) is 1. The summed E-state index contributed by atoms with van der Waals surface area (Å²) < 4.78 is 42.4. The van der Waals surface area contributed by atoms with Gasteiger partial charge in [0, 0.05) is 12.1 Å². The third-order valence-electron chi connectivity index (χ3n) is 3.71. The van der Waals surface area contributed by atoms with Gasteiger partial charge in [0.25, 0.3) is 10.0 Å². The Morgan fingerprint density at radius 1 is 0.964 bits per heavy atom. The summed E-state index contributed by atoms with van der Waals surface area (Å²) in [5, 5.41) is 9.51. The lowest BCUT2D eigenvalue weighted by atomic mass is 10.2. The number of carboxylic acid groups (broad SMARTS) is 1. The van der Waals surface area contributed by atoms with Crippen LogP contribution in [0.1, 0.15) is 0 Å². The van der Waals surface area contributed by atoms with Gasteiger partial charge in [-0.15, -0.1) is 0 Å². The first-order valence-electron chi connectivity index (χ1n) is 7.65. The number of carbonyl (C=O) groups is 1. The predicted octanol–water partition coefficient (Wildman–Crippen LogP) is 3.30. The highest BCUT2D eigenvalue weighted by Gasteiger charge is 2.31. The highest BCUT2D eigenvalue weighted by molar-refractivity contribution is 7.92. The lowest BCUT2D eigenvalue weighted by molar-refractivity contribution is -0.135. The Hall–Kier alpha value is -2.36. The first-order chi connectivity index (χ1) is 13.1. The maximum absolute atomic E-state index is 13.2. The molecule has 8 nitrogen and oxygen atoms in total. The average Bonchev–Trinajstić information content (AvgIpc) is 2.65. The molecule has 0 fully saturated rings. The Morgan fingerprint density at radius 3 is 2.04 bits per heavy atom. The van der Waals surface area contributed by atoms with Gasteiger partial charge < -0.3 is 19.3 Å². The van der Waals surface area contributed by atoms with E-state index in [1.54, 1.807) is 0 Å². The van der Waals surface area contributed by atoms with Gasteiger partial charge in [-0.1, -0.05) is 23.2 Å². The molecular formula is C17H17Cl2NO7S. The van der Waals surface area contributed by atoms with Crippen LogP contribution >= 0.6 is 23.2 Å². The zero-order valence-electron chi connectivity index (χ0n) is 15.1. The summed E-state index contributed by atoms with van der Waals surface area (Å²) in [6, 6.07) is 6.42. The molecule has 0 spiro atoms. The molecule has 0 bridgehead atoms. The van der Waals surface area contributed by atoms with Gasteiger partial charge in [-0.2, -0.15) is 0 Å². The van der Waals surface area contributed by atoms with Crippen molar-refractivity contribution in [3.8, 4) is 17.2 Å². The molecule has 0 saturated heterocycles. The minimum atomic E-state index is -4.33. The summed E-state index contributed by atoms with van der Waals surface area (Å²) in [6.45, 7) is -0.868. The molecular weight excluding hydrogens is 433 g/mol. The van der Waals surface area contributed by atoms with Crippen LogP contribution in [0.5, 0.6) is 17.2 Å². The van der Waals surface area contributed by atoms with Gasteiger partial charge in [0.15, 0.2) is 0 Å². The summed E-state index contributed by atoms with van der Waals surface area (Å²) in [5.41, 5.74) is -0.0573. The molecule has 1 N–H and O–H groups in total. The lowest BCUT2D eigenvalue weighted by Crippen LogP contribution is -2.36. The van der Waals surface area contributed by atoms with E-state index in [0.717, 1.165) is 0 Å². The summed E-state index contributed by atoms with van der Waals surface area (Å²) in [5.74, 6) is -0.902. The van der Waals surface area contributed by atoms with E-state index in [-0.39, 0.29) is 37.9 Å². The molecule has 0 aliphatic carbocycles. The van der Waals surface area contributed by atoms with Gasteiger partial charge in [0.1, 0.15) is 23.8 Å². The first kappa shape index (κ1) is 21.9. The number of methoxy groups -OCH3 is 3. The first-order valence-corrected chi connectivity index (χ1v) is 9.84. The van der Waals surface area contributed by atoms with Crippen LogP contribution in [-0.4, -0.2) is 47.4 Å². The van der Waals surface area contributed by atoms with Crippen LogP contribution in [0.3, 0.4) is 0 Å². The minimum absolute atomic E-state index is 0.0511. The molecule has 0 atom stereocenters. The van der Waals surface area contributed by atoms with Crippen molar-refractivity contribution < 1.29 is 32.5 Å². The van der Waals surface area contributed by atoms with Crippen LogP contribution in [0, 0.1) is 0 Å². The number of anilines is 1. The van der Waals surface area contributed by atoms with Gasteiger partial charge in [0.05, 0.1) is 42.0 Å². The summed E-state index contributed by atoms with van der Waals surface area (Å²) in [6.07, 6.45) is 0. The molecule has 0 saturated carbocycles. The number of aliphatic carboxylic acids is 1. The van der Waals surface area contributed by atoms with Gasteiger partial charge in [-0.3, -0.25) is 9.10 Å². The second-order valence-electron chi connectivity index (χ2n) is 5.36. The molecule has 0 heterocycles. The van der Waals surface area contributed by atoms with Crippen LogP contribution < -0.4 is 18.5 Å². The number of halogens is 2. The highest BCUT2D eigenvalue weighted by Crippen LogP contribution is 2.40. The lowest BCUT2D eigenvalue weighted by Gasteiger charge is -2.25. The maximum atomic E-state index is 13.2. The number of hydrogen-bond acceptors (Lipinski definition) is 6. The standard InChI is InChI=1S/C17H17Cl2NO7S/c1-25-14-5-4-10(6-11(14)18)28(23,24)20(9-17(21)22)13-8-15(26-2)12(19)7-16(13)27-3/h4-8H,9H2,1-3H3,(H,21,22). The Morgan fingerprint density at radius 2 is 1.54 bits per heavy atom. The zero-order chi connectivity index (χ0) is 21.1. The monoisotopic (exact) mass is 449 g/mol. The smallest absolute Gasteiger partial charge is 0.324 e. The van der Waals surface area contributed by atoms with Crippen LogP contribution in [0.2, 0.25) is 10.0 Å².